The Kier molecular flexibility index (Phi) is 2.05. The molecule has 0 amide bonds. The monoisotopic (exact) mass is 226 g/mol. The fourth-order valence-electron chi connectivity index (χ4n) is 3.71. The number of aliphatic imine (C=N–C) groups is 1. The van der Waals surface area contributed by atoms with Gasteiger partial charge in [-0.3, -0.25) is 4.99 Å². The molecular weight excluding hydrogens is 208 g/mol. The fraction of sp³-hybridized carbons (Fsp3) is 0.533. The average molecular weight is 226 g/mol. The summed E-state index contributed by atoms with van der Waals surface area (Å²) in [7, 11) is 0. The maximum Gasteiger partial charge on any atom is 0.0639 e. The predicted molar refractivity (Wildman–Crippen MR) is 69.8 cm³/mol. The molecule has 3 heterocycles. The Bertz CT molecular complexity index is 467. The van der Waals surface area contributed by atoms with Crippen LogP contribution in [0.3, 0.4) is 0 Å². The number of fused-ring (bicyclic) bond motifs is 4. The minimum atomic E-state index is 0.576. The molecule has 0 radical (unpaired) electrons. The Morgan fingerprint density at radius 1 is 1.18 bits per heavy atom. The second-order valence-corrected chi connectivity index (χ2v) is 5.48. The van der Waals surface area contributed by atoms with Gasteiger partial charge in [0, 0.05) is 36.3 Å². The van der Waals surface area contributed by atoms with Crippen molar-refractivity contribution in [2.45, 2.75) is 25.7 Å². The number of allylic oxidation sites excluding steroid dienone is 6. The molecule has 4 rings (SSSR count). The molecule has 0 spiro atoms. The van der Waals surface area contributed by atoms with E-state index in [1.54, 1.807) is 5.70 Å². The first-order valence-corrected chi connectivity index (χ1v) is 6.85. The third-order valence-electron chi connectivity index (χ3n) is 4.55. The zero-order valence-corrected chi connectivity index (χ0v) is 10.1. The normalized spacial score (nSPS) is 34.4. The lowest BCUT2D eigenvalue weighted by molar-refractivity contribution is 0.238. The smallest absolute Gasteiger partial charge is 0.0639 e. The third kappa shape index (κ3) is 1.36. The molecule has 0 aromatic carbocycles. The molecule has 2 heteroatoms. The van der Waals surface area contributed by atoms with E-state index in [1.165, 1.54) is 50.2 Å². The van der Waals surface area contributed by atoms with Crippen LogP contribution in [0.2, 0.25) is 0 Å². The van der Waals surface area contributed by atoms with Gasteiger partial charge in [0.15, 0.2) is 0 Å². The van der Waals surface area contributed by atoms with Crippen LogP contribution in [0.4, 0.5) is 0 Å². The Morgan fingerprint density at radius 3 is 3.18 bits per heavy atom. The quantitative estimate of drug-likeness (QED) is 0.620. The van der Waals surface area contributed by atoms with Crippen LogP contribution < -0.4 is 0 Å². The Labute approximate surface area is 102 Å². The predicted octanol–water partition coefficient (Wildman–Crippen LogP) is 2.90. The molecule has 4 aliphatic rings. The number of piperidine rings is 1. The van der Waals surface area contributed by atoms with Crippen molar-refractivity contribution in [3.05, 3.63) is 35.7 Å². The van der Waals surface area contributed by atoms with Gasteiger partial charge in [-0.1, -0.05) is 18.2 Å². The summed E-state index contributed by atoms with van der Waals surface area (Å²) in [6, 6.07) is 0. The van der Waals surface area contributed by atoms with Crippen molar-refractivity contribution in [2.24, 2.45) is 16.8 Å². The van der Waals surface area contributed by atoms with Crippen LogP contribution in [0, 0.1) is 11.8 Å². The number of hydrogen-bond acceptors (Lipinski definition) is 2. The SMILES string of the molecule is C1=CC2=NC3=C4CCCCN4CCC3C2C=C1. The lowest BCUT2D eigenvalue weighted by Gasteiger charge is -2.38. The van der Waals surface area contributed by atoms with E-state index in [0.717, 1.165) is 0 Å². The van der Waals surface area contributed by atoms with Crippen LogP contribution in [0.1, 0.15) is 25.7 Å². The highest BCUT2D eigenvalue weighted by Crippen LogP contribution is 2.43. The molecule has 0 aromatic heterocycles. The molecule has 3 aliphatic heterocycles. The molecule has 2 atom stereocenters. The van der Waals surface area contributed by atoms with Crippen LogP contribution in [0.5, 0.6) is 0 Å². The van der Waals surface area contributed by atoms with Gasteiger partial charge in [-0.2, -0.15) is 0 Å². The van der Waals surface area contributed by atoms with Crippen LogP contribution in [0.25, 0.3) is 0 Å². The lowest BCUT2D eigenvalue weighted by atomic mass is 9.81. The van der Waals surface area contributed by atoms with Crippen molar-refractivity contribution in [1.29, 1.82) is 0 Å². The zero-order valence-electron chi connectivity index (χ0n) is 10.1. The maximum absolute atomic E-state index is 4.93. The molecule has 1 saturated heterocycles. The summed E-state index contributed by atoms with van der Waals surface area (Å²) in [5.74, 6) is 1.25. The van der Waals surface area contributed by atoms with E-state index < -0.39 is 0 Å². The second kappa shape index (κ2) is 3.59. The summed E-state index contributed by atoms with van der Waals surface area (Å²) in [5, 5.41) is 0. The largest absolute Gasteiger partial charge is 0.373 e. The molecule has 1 fully saturated rings. The summed E-state index contributed by atoms with van der Waals surface area (Å²) in [5.41, 5.74) is 4.29. The van der Waals surface area contributed by atoms with E-state index in [0.29, 0.717) is 11.8 Å². The van der Waals surface area contributed by atoms with Gasteiger partial charge in [0.05, 0.1) is 5.70 Å². The van der Waals surface area contributed by atoms with Crippen LogP contribution in [-0.4, -0.2) is 23.7 Å². The average Bonchev–Trinajstić information content (AvgIpc) is 2.78. The van der Waals surface area contributed by atoms with E-state index in [2.05, 4.69) is 29.2 Å². The van der Waals surface area contributed by atoms with Crippen molar-refractivity contribution in [2.75, 3.05) is 13.1 Å². The molecule has 0 saturated carbocycles. The molecule has 0 aromatic rings. The van der Waals surface area contributed by atoms with Gasteiger partial charge >= 0.3 is 0 Å². The van der Waals surface area contributed by atoms with E-state index in [-0.39, 0.29) is 0 Å². The van der Waals surface area contributed by atoms with Gasteiger partial charge in [0.25, 0.3) is 0 Å². The van der Waals surface area contributed by atoms with Crippen molar-refractivity contribution in [3.63, 3.8) is 0 Å². The molecular formula is C15H18N2. The lowest BCUT2D eigenvalue weighted by Crippen LogP contribution is -2.36. The van der Waals surface area contributed by atoms with Crippen molar-refractivity contribution >= 4 is 5.71 Å². The van der Waals surface area contributed by atoms with E-state index in [4.69, 9.17) is 4.99 Å². The summed E-state index contributed by atoms with van der Waals surface area (Å²) in [4.78, 5) is 7.52. The second-order valence-electron chi connectivity index (χ2n) is 5.48. The van der Waals surface area contributed by atoms with E-state index >= 15 is 0 Å². The topological polar surface area (TPSA) is 15.6 Å². The summed E-state index contributed by atoms with van der Waals surface area (Å²) in [6.45, 7) is 2.51. The molecule has 17 heavy (non-hydrogen) atoms. The minimum Gasteiger partial charge on any atom is -0.373 e. The maximum atomic E-state index is 4.93. The molecule has 1 aliphatic carbocycles. The van der Waals surface area contributed by atoms with Crippen molar-refractivity contribution in [3.8, 4) is 0 Å². The minimum absolute atomic E-state index is 0.576. The van der Waals surface area contributed by atoms with Gasteiger partial charge in [-0.25, -0.2) is 0 Å². The number of nitrogens with zero attached hydrogens (tertiary/aromatic N) is 2. The fourth-order valence-corrected chi connectivity index (χ4v) is 3.71. The standard InChI is InChI=1S/C15H18N2/c1-2-6-13-11(5-1)12-8-10-17-9-4-3-7-14(17)15(12)16-13/h1-2,5-6,11-12H,3-4,7-10H2. The van der Waals surface area contributed by atoms with Crippen LogP contribution >= 0.6 is 0 Å². The first kappa shape index (κ1) is 9.69. The highest BCUT2D eigenvalue weighted by atomic mass is 15.2. The number of hydrogen-bond donors (Lipinski definition) is 0. The van der Waals surface area contributed by atoms with Gasteiger partial charge in [0.1, 0.15) is 0 Å². The van der Waals surface area contributed by atoms with E-state index in [9.17, 15) is 0 Å². The summed E-state index contributed by atoms with van der Waals surface area (Å²) >= 11 is 0. The zero-order chi connectivity index (χ0) is 11.2. The molecule has 2 unspecified atom stereocenters. The Balaban J connectivity index is 1.79. The van der Waals surface area contributed by atoms with Gasteiger partial charge in [-0.15, -0.1) is 0 Å². The summed E-state index contributed by atoms with van der Waals surface area (Å²) < 4.78 is 0. The van der Waals surface area contributed by atoms with Crippen LogP contribution in [0.15, 0.2) is 40.7 Å². The molecule has 88 valence electrons. The van der Waals surface area contributed by atoms with E-state index in [1.807, 2.05) is 0 Å². The first-order valence-electron chi connectivity index (χ1n) is 6.85. The Hall–Kier alpha value is -1.31. The van der Waals surface area contributed by atoms with Crippen molar-refractivity contribution < 1.29 is 0 Å². The Morgan fingerprint density at radius 2 is 2.18 bits per heavy atom. The highest BCUT2D eigenvalue weighted by Gasteiger charge is 2.39. The molecule has 0 N–H and O–H groups in total. The van der Waals surface area contributed by atoms with Gasteiger partial charge < -0.3 is 4.90 Å². The highest BCUT2D eigenvalue weighted by molar-refractivity contribution is 6.02. The first-order chi connectivity index (χ1) is 8.43. The number of rotatable bonds is 0. The summed E-state index contributed by atoms with van der Waals surface area (Å²) in [6.07, 6.45) is 14.1. The third-order valence-corrected chi connectivity index (χ3v) is 4.55. The molecule has 0 bridgehead atoms. The van der Waals surface area contributed by atoms with Gasteiger partial charge in [0.2, 0.25) is 0 Å². The van der Waals surface area contributed by atoms with Crippen LogP contribution in [-0.2, 0) is 0 Å². The van der Waals surface area contributed by atoms with Gasteiger partial charge in [-0.05, 0) is 31.8 Å². The molecule has 2 nitrogen and oxygen atoms in total. The van der Waals surface area contributed by atoms with Crippen molar-refractivity contribution in [1.82, 2.24) is 4.90 Å².